The molecular weight excluding hydrogens is 177 g/mol. The highest BCUT2D eigenvalue weighted by Crippen LogP contribution is 2.32. The van der Waals surface area contributed by atoms with Gasteiger partial charge in [0.25, 0.3) is 0 Å². The highest BCUT2D eigenvalue weighted by atomic mass is 19.1. The number of halogens is 1. The normalized spacial score (nSPS) is 43.3. The summed E-state index contributed by atoms with van der Waals surface area (Å²) in [4.78, 5) is 0. The van der Waals surface area contributed by atoms with Gasteiger partial charge in [0.1, 0.15) is 6.17 Å². The molecule has 0 heterocycles. The fraction of sp³-hybridized carbons (Fsp3) is 1.00. The lowest BCUT2D eigenvalue weighted by Gasteiger charge is -2.41. The van der Waals surface area contributed by atoms with Crippen molar-refractivity contribution in [1.29, 1.82) is 0 Å². The lowest BCUT2D eigenvalue weighted by molar-refractivity contribution is 0.124. The molecule has 1 N–H and O–H groups in total. The molecule has 1 nitrogen and oxygen atoms in total. The van der Waals surface area contributed by atoms with E-state index in [0.717, 1.165) is 25.2 Å². The second-order valence-electron chi connectivity index (χ2n) is 4.93. The maximum Gasteiger partial charge on any atom is 0.115 e. The molecule has 2 unspecified atom stereocenters. The van der Waals surface area contributed by atoms with Crippen LogP contribution in [0.25, 0.3) is 0 Å². The van der Waals surface area contributed by atoms with Crippen LogP contribution in [-0.2, 0) is 0 Å². The van der Waals surface area contributed by atoms with E-state index in [1.807, 2.05) is 0 Å². The van der Waals surface area contributed by atoms with Crippen LogP contribution in [0.4, 0.5) is 4.39 Å². The van der Waals surface area contributed by atoms with Gasteiger partial charge in [-0.1, -0.05) is 26.2 Å². The van der Waals surface area contributed by atoms with E-state index < -0.39 is 6.17 Å². The second kappa shape index (κ2) is 4.61. The van der Waals surface area contributed by atoms with Crippen LogP contribution in [0.1, 0.15) is 51.9 Å². The first-order chi connectivity index (χ1) is 6.81. The van der Waals surface area contributed by atoms with Gasteiger partial charge in [0, 0.05) is 12.1 Å². The molecule has 0 spiro atoms. The summed E-state index contributed by atoms with van der Waals surface area (Å²) in [6.07, 6.45) is 7.40. The van der Waals surface area contributed by atoms with Gasteiger partial charge in [0.05, 0.1) is 0 Å². The van der Waals surface area contributed by atoms with E-state index in [9.17, 15) is 4.39 Å². The van der Waals surface area contributed by atoms with Crippen molar-refractivity contribution in [3.8, 4) is 0 Å². The average molecular weight is 199 g/mol. The molecule has 0 aromatic heterocycles. The molecule has 0 aromatic rings. The van der Waals surface area contributed by atoms with Crippen molar-refractivity contribution in [3.63, 3.8) is 0 Å². The van der Waals surface area contributed by atoms with Crippen molar-refractivity contribution < 1.29 is 4.39 Å². The molecule has 2 aliphatic rings. The molecular formula is C12H22FN. The van der Waals surface area contributed by atoms with Gasteiger partial charge in [-0.15, -0.1) is 0 Å². The number of hydrogen-bond acceptors (Lipinski definition) is 1. The zero-order valence-electron chi connectivity index (χ0n) is 9.14. The number of rotatable bonds is 3. The molecule has 14 heavy (non-hydrogen) atoms. The summed E-state index contributed by atoms with van der Waals surface area (Å²) in [5.41, 5.74) is 0. The minimum Gasteiger partial charge on any atom is -0.308 e. The second-order valence-corrected chi connectivity index (χ2v) is 4.93. The van der Waals surface area contributed by atoms with Crippen LogP contribution in [0.5, 0.6) is 0 Å². The molecule has 0 bridgehead atoms. The van der Waals surface area contributed by atoms with Gasteiger partial charge in [-0.25, -0.2) is 4.39 Å². The summed E-state index contributed by atoms with van der Waals surface area (Å²) < 4.78 is 13.5. The Morgan fingerprint density at radius 1 is 1.07 bits per heavy atom. The standard InChI is InChI=1S/C12H22FN/c1-2-9-7-8-11(9)14-12-6-4-3-5-10(12)13/h9-12,14H,2-8H2,1H3/t9?,10-,11?,12-/m1/s1. The van der Waals surface area contributed by atoms with E-state index in [1.165, 1.54) is 25.7 Å². The van der Waals surface area contributed by atoms with Gasteiger partial charge < -0.3 is 5.32 Å². The Morgan fingerprint density at radius 3 is 2.43 bits per heavy atom. The van der Waals surface area contributed by atoms with Crippen LogP contribution in [0.2, 0.25) is 0 Å². The minimum atomic E-state index is -0.582. The molecule has 82 valence electrons. The first-order valence-corrected chi connectivity index (χ1v) is 6.21. The number of alkyl halides is 1. The molecule has 2 saturated carbocycles. The summed E-state index contributed by atoms with van der Waals surface area (Å²) in [6, 6.07) is 0.796. The first kappa shape index (κ1) is 10.4. The molecule has 0 amide bonds. The molecule has 2 heteroatoms. The molecule has 2 rings (SSSR count). The van der Waals surface area contributed by atoms with Crippen LogP contribution >= 0.6 is 0 Å². The topological polar surface area (TPSA) is 12.0 Å². The van der Waals surface area contributed by atoms with Crippen molar-refractivity contribution in [2.45, 2.75) is 70.1 Å². The molecule has 0 radical (unpaired) electrons. The Morgan fingerprint density at radius 2 is 1.86 bits per heavy atom. The summed E-state index contributed by atoms with van der Waals surface area (Å²) in [5.74, 6) is 0.823. The van der Waals surface area contributed by atoms with E-state index in [1.54, 1.807) is 0 Å². The highest BCUT2D eigenvalue weighted by Gasteiger charge is 2.33. The Labute approximate surface area is 86.5 Å². The molecule has 2 aliphatic carbocycles. The van der Waals surface area contributed by atoms with Gasteiger partial charge in [0.15, 0.2) is 0 Å². The lowest BCUT2D eigenvalue weighted by atomic mass is 9.77. The third-order valence-electron chi connectivity index (χ3n) is 4.05. The van der Waals surface area contributed by atoms with Gasteiger partial charge >= 0.3 is 0 Å². The van der Waals surface area contributed by atoms with E-state index in [0.29, 0.717) is 6.04 Å². The van der Waals surface area contributed by atoms with Crippen LogP contribution in [0.3, 0.4) is 0 Å². The van der Waals surface area contributed by atoms with Crippen molar-refractivity contribution in [2.24, 2.45) is 5.92 Å². The largest absolute Gasteiger partial charge is 0.308 e. The summed E-state index contributed by atoms with van der Waals surface area (Å²) in [5, 5.41) is 3.53. The van der Waals surface area contributed by atoms with Gasteiger partial charge in [0.2, 0.25) is 0 Å². The van der Waals surface area contributed by atoms with Crippen molar-refractivity contribution in [3.05, 3.63) is 0 Å². The highest BCUT2D eigenvalue weighted by molar-refractivity contribution is 4.91. The van der Waals surface area contributed by atoms with Crippen molar-refractivity contribution in [1.82, 2.24) is 5.32 Å². The average Bonchev–Trinajstić information content (AvgIpc) is 2.15. The van der Waals surface area contributed by atoms with Gasteiger partial charge in [-0.2, -0.15) is 0 Å². The third kappa shape index (κ3) is 2.10. The first-order valence-electron chi connectivity index (χ1n) is 6.21. The quantitative estimate of drug-likeness (QED) is 0.736. The maximum atomic E-state index is 13.5. The number of hydrogen-bond donors (Lipinski definition) is 1. The molecule has 4 atom stereocenters. The number of nitrogens with one attached hydrogen (secondary N) is 1. The molecule has 0 aromatic carbocycles. The predicted molar refractivity (Wildman–Crippen MR) is 57.1 cm³/mol. The van der Waals surface area contributed by atoms with Crippen LogP contribution in [-0.4, -0.2) is 18.3 Å². The van der Waals surface area contributed by atoms with Gasteiger partial charge in [-0.05, 0) is 31.6 Å². The fourth-order valence-electron chi connectivity index (χ4n) is 2.83. The Bertz CT molecular complexity index is 181. The van der Waals surface area contributed by atoms with Gasteiger partial charge in [-0.3, -0.25) is 0 Å². The smallest absolute Gasteiger partial charge is 0.115 e. The molecule has 0 saturated heterocycles. The predicted octanol–water partition coefficient (Wildman–Crippen LogP) is 3.05. The summed E-state index contributed by atoms with van der Waals surface area (Å²) in [6.45, 7) is 2.24. The van der Waals surface area contributed by atoms with E-state index in [-0.39, 0.29) is 6.04 Å². The molecule has 0 aliphatic heterocycles. The summed E-state index contributed by atoms with van der Waals surface area (Å²) >= 11 is 0. The maximum absolute atomic E-state index is 13.5. The van der Waals surface area contributed by atoms with Crippen molar-refractivity contribution >= 4 is 0 Å². The Balaban J connectivity index is 1.78. The minimum absolute atomic E-state index is 0.170. The summed E-state index contributed by atoms with van der Waals surface area (Å²) in [7, 11) is 0. The van der Waals surface area contributed by atoms with E-state index >= 15 is 0 Å². The SMILES string of the molecule is CCC1CCC1N[C@@H]1CCCC[C@H]1F. The lowest BCUT2D eigenvalue weighted by Crippen LogP contribution is -2.52. The van der Waals surface area contributed by atoms with E-state index in [2.05, 4.69) is 12.2 Å². The van der Waals surface area contributed by atoms with Crippen LogP contribution in [0, 0.1) is 5.92 Å². The van der Waals surface area contributed by atoms with Crippen LogP contribution in [0.15, 0.2) is 0 Å². The third-order valence-corrected chi connectivity index (χ3v) is 4.05. The van der Waals surface area contributed by atoms with Crippen molar-refractivity contribution in [2.75, 3.05) is 0 Å². The van der Waals surface area contributed by atoms with Crippen LogP contribution < -0.4 is 5.32 Å². The Hall–Kier alpha value is -0.110. The zero-order valence-corrected chi connectivity index (χ0v) is 9.14. The zero-order chi connectivity index (χ0) is 9.97. The van der Waals surface area contributed by atoms with E-state index in [4.69, 9.17) is 0 Å². The Kier molecular flexibility index (Phi) is 3.42. The monoisotopic (exact) mass is 199 g/mol. The fourth-order valence-corrected chi connectivity index (χ4v) is 2.83. The molecule has 2 fully saturated rings.